The molecule has 2 aromatic carbocycles. The van der Waals surface area contributed by atoms with Crippen LogP contribution < -0.4 is 10.6 Å². The zero-order valence-electron chi connectivity index (χ0n) is 22.9. The number of rotatable bonds is 3. The van der Waals surface area contributed by atoms with Crippen molar-refractivity contribution in [2.24, 2.45) is 5.92 Å². The van der Waals surface area contributed by atoms with E-state index in [1.165, 1.54) is 13.2 Å². The molecule has 2 atom stereocenters. The number of nitrogens with zero attached hydrogens (tertiary/aromatic N) is 3. The average Bonchev–Trinajstić information content (AvgIpc) is 2.97. The number of amides is 3. The zero-order chi connectivity index (χ0) is 30.0. The summed E-state index contributed by atoms with van der Waals surface area (Å²) >= 11 is 5.88. The Labute approximate surface area is 245 Å². The largest absolute Gasteiger partial charge is 0.453 e. The van der Waals surface area contributed by atoms with Crippen LogP contribution in [0.15, 0.2) is 48.7 Å². The molecule has 218 valence electrons. The molecule has 1 aromatic heterocycles. The molecule has 42 heavy (non-hydrogen) atoms. The molecule has 3 heterocycles. The maximum Gasteiger partial charge on any atom is 0.411 e. The van der Waals surface area contributed by atoms with Crippen LogP contribution in [0.1, 0.15) is 49.9 Å². The summed E-state index contributed by atoms with van der Waals surface area (Å²) in [6.45, 7) is 2.02. The molecule has 2 N–H and O–H groups in total. The standard InChI is InChI=1S/C30H28ClF2N5O4/c1-16-4-3-5-25(38-11-10-17(13-26(38)39)27-22(32)9-8-21(31)28(27)33)24-12-18(15-34-37-24)20-7-6-19(35-30(41)42-2)14-23(20)36-29(16)40/h6-9,12-16,25H,3-5,10-11H2,1-2H3,(H,35,41)(H,36,40). The molecule has 2 unspecified atom stereocenters. The van der Waals surface area contributed by atoms with Gasteiger partial charge in [-0.1, -0.05) is 31.0 Å². The first-order chi connectivity index (χ1) is 20.2. The second-order valence-corrected chi connectivity index (χ2v) is 10.7. The van der Waals surface area contributed by atoms with Crippen molar-refractivity contribution in [3.63, 3.8) is 0 Å². The van der Waals surface area contributed by atoms with Gasteiger partial charge in [0.1, 0.15) is 5.82 Å². The number of anilines is 2. The van der Waals surface area contributed by atoms with Gasteiger partial charge in [0.2, 0.25) is 11.8 Å². The number of carbonyl (C=O) groups excluding carboxylic acids is 3. The van der Waals surface area contributed by atoms with Crippen molar-refractivity contribution in [2.45, 2.75) is 38.6 Å². The Balaban J connectivity index is 1.52. The second kappa shape index (κ2) is 12.2. The van der Waals surface area contributed by atoms with Crippen LogP contribution in [0.4, 0.5) is 25.0 Å². The minimum Gasteiger partial charge on any atom is -0.453 e. The zero-order valence-corrected chi connectivity index (χ0v) is 23.7. The van der Waals surface area contributed by atoms with Crippen LogP contribution in [0.5, 0.6) is 0 Å². The Hall–Kier alpha value is -4.38. The van der Waals surface area contributed by atoms with E-state index in [1.54, 1.807) is 29.3 Å². The number of methoxy groups -OCH3 is 1. The predicted molar refractivity (Wildman–Crippen MR) is 154 cm³/mol. The molecule has 2 bridgehead atoms. The number of carbonyl (C=O) groups is 3. The lowest BCUT2D eigenvalue weighted by molar-refractivity contribution is -0.129. The van der Waals surface area contributed by atoms with Crippen LogP contribution in [0.2, 0.25) is 5.02 Å². The van der Waals surface area contributed by atoms with E-state index >= 15 is 0 Å². The fraction of sp³-hybridized carbons (Fsp3) is 0.300. The van der Waals surface area contributed by atoms with E-state index in [0.29, 0.717) is 47.5 Å². The molecule has 9 nitrogen and oxygen atoms in total. The predicted octanol–water partition coefficient (Wildman–Crippen LogP) is 6.37. The summed E-state index contributed by atoms with van der Waals surface area (Å²) in [7, 11) is 1.25. The minimum atomic E-state index is -0.899. The highest BCUT2D eigenvalue weighted by Crippen LogP contribution is 2.37. The molecular formula is C30H28ClF2N5O4. The molecule has 0 saturated heterocycles. The third-order valence-electron chi connectivity index (χ3n) is 7.54. The first-order valence-corrected chi connectivity index (χ1v) is 13.8. The SMILES string of the molecule is COC(=O)Nc1ccc2c(c1)NC(=O)C(C)CCCC(N1CCC(c3c(F)ccc(Cl)c3F)=CC1=O)c1cc-2cnn1. The molecule has 5 rings (SSSR count). The average molecular weight is 596 g/mol. The number of benzene rings is 2. The summed E-state index contributed by atoms with van der Waals surface area (Å²) in [5.74, 6) is -2.64. The van der Waals surface area contributed by atoms with E-state index in [2.05, 4.69) is 25.6 Å². The number of halogens is 3. The van der Waals surface area contributed by atoms with E-state index in [0.717, 1.165) is 12.1 Å². The third kappa shape index (κ3) is 5.96. The van der Waals surface area contributed by atoms with Crippen LogP contribution in [0.25, 0.3) is 16.7 Å². The van der Waals surface area contributed by atoms with Crippen LogP contribution in [-0.2, 0) is 14.3 Å². The Bertz CT molecular complexity index is 1600. The van der Waals surface area contributed by atoms with Crippen molar-refractivity contribution in [2.75, 3.05) is 24.3 Å². The van der Waals surface area contributed by atoms with Gasteiger partial charge in [-0.3, -0.25) is 14.9 Å². The van der Waals surface area contributed by atoms with Gasteiger partial charge in [0, 0.05) is 35.4 Å². The van der Waals surface area contributed by atoms with Crippen LogP contribution in [0.3, 0.4) is 0 Å². The van der Waals surface area contributed by atoms with Crippen molar-refractivity contribution in [1.29, 1.82) is 0 Å². The monoisotopic (exact) mass is 595 g/mol. The van der Waals surface area contributed by atoms with Gasteiger partial charge in [-0.25, -0.2) is 13.6 Å². The Morgan fingerprint density at radius 1 is 1.17 bits per heavy atom. The highest BCUT2D eigenvalue weighted by Gasteiger charge is 2.31. The Morgan fingerprint density at radius 3 is 2.74 bits per heavy atom. The molecule has 0 radical (unpaired) electrons. The fourth-order valence-corrected chi connectivity index (χ4v) is 5.45. The molecule has 0 fully saturated rings. The Kier molecular flexibility index (Phi) is 8.49. The van der Waals surface area contributed by atoms with Gasteiger partial charge in [-0.2, -0.15) is 10.2 Å². The van der Waals surface area contributed by atoms with Gasteiger partial charge < -0.3 is 15.0 Å². The lowest BCUT2D eigenvalue weighted by atomic mass is 9.93. The van der Waals surface area contributed by atoms with E-state index in [4.69, 9.17) is 11.6 Å². The van der Waals surface area contributed by atoms with Crippen molar-refractivity contribution in [1.82, 2.24) is 15.1 Å². The molecule has 0 spiro atoms. The van der Waals surface area contributed by atoms with E-state index in [9.17, 15) is 23.2 Å². The van der Waals surface area contributed by atoms with Gasteiger partial charge >= 0.3 is 6.09 Å². The molecule has 3 amide bonds. The summed E-state index contributed by atoms with van der Waals surface area (Å²) in [6, 6.07) is 8.58. The molecule has 2 aliphatic heterocycles. The Morgan fingerprint density at radius 2 is 1.98 bits per heavy atom. The number of ether oxygens (including phenoxy) is 1. The van der Waals surface area contributed by atoms with Crippen molar-refractivity contribution in [3.05, 3.63) is 76.6 Å². The number of hydrogen-bond donors (Lipinski definition) is 2. The highest BCUT2D eigenvalue weighted by atomic mass is 35.5. The van der Waals surface area contributed by atoms with E-state index in [-0.39, 0.29) is 40.9 Å². The summed E-state index contributed by atoms with van der Waals surface area (Å²) in [5, 5.41) is 13.9. The lowest BCUT2D eigenvalue weighted by Crippen LogP contribution is -2.38. The van der Waals surface area contributed by atoms with Crippen molar-refractivity contribution >= 4 is 46.5 Å². The van der Waals surface area contributed by atoms with Crippen molar-refractivity contribution in [3.8, 4) is 11.1 Å². The molecule has 0 saturated carbocycles. The quantitative estimate of drug-likeness (QED) is 0.340. The molecule has 0 aliphatic carbocycles. The van der Waals surface area contributed by atoms with Crippen LogP contribution in [0, 0.1) is 17.6 Å². The topological polar surface area (TPSA) is 114 Å². The molecule has 2 aliphatic rings. The fourth-order valence-electron chi connectivity index (χ4n) is 5.29. The number of nitrogens with one attached hydrogen (secondary N) is 2. The van der Waals surface area contributed by atoms with Crippen LogP contribution in [-0.4, -0.2) is 46.7 Å². The van der Waals surface area contributed by atoms with Gasteiger partial charge in [0.25, 0.3) is 0 Å². The number of aromatic nitrogens is 2. The minimum absolute atomic E-state index is 0.196. The molecule has 3 aromatic rings. The maximum atomic E-state index is 14.7. The molecular weight excluding hydrogens is 568 g/mol. The summed E-state index contributed by atoms with van der Waals surface area (Å²) in [4.78, 5) is 39.9. The second-order valence-electron chi connectivity index (χ2n) is 10.3. The van der Waals surface area contributed by atoms with E-state index in [1.807, 2.05) is 13.0 Å². The van der Waals surface area contributed by atoms with Gasteiger partial charge in [0.05, 0.1) is 41.3 Å². The third-order valence-corrected chi connectivity index (χ3v) is 7.83. The summed E-state index contributed by atoms with van der Waals surface area (Å²) in [5.41, 5.74) is 2.65. The van der Waals surface area contributed by atoms with Crippen molar-refractivity contribution < 1.29 is 27.9 Å². The van der Waals surface area contributed by atoms with Gasteiger partial charge in [-0.15, -0.1) is 0 Å². The normalized spacial score (nSPS) is 19.1. The van der Waals surface area contributed by atoms with Crippen LogP contribution >= 0.6 is 11.6 Å². The van der Waals surface area contributed by atoms with E-state index < -0.39 is 29.7 Å². The first kappa shape index (κ1) is 29.1. The smallest absolute Gasteiger partial charge is 0.411 e. The van der Waals surface area contributed by atoms with Gasteiger partial charge in [-0.05, 0) is 55.2 Å². The highest BCUT2D eigenvalue weighted by molar-refractivity contribution is 6.31. The maximum absolute atomic E-state index is 14.7. The first-order valence-electron chi connectivity index (χ1n) is 13.4. The number of fused-ring (bicyclic) bond motifs is 4. The van der Waals surface area contributed by atoms with Gasteiger partial charge in [0.15, 0.2) is 5.82 Å². The lowest BCUT2D eigenvalue weighted by Gasteiger charge is -2.34. The molecule has 12 heteroatoms. The number of hydrogen-bond acceptors (Lipinski definition) is 6. The summed E-state index contributed by atoms with van der Waals surface area (Å²) < 4.78 is 33.9. The summed E-state index contributed by atoms with van der Waals surface area (Å²) in [6.07, 6.45) is 3.99.